The van der Waals surface area contributed by atoms with E-state index in [9.17, 15) is 0 Å². The minimum absolute atomic E-state index is 0.223. The molecular formula is C13H16BrN3O2. The SMILES string of the molecule is COc1c(C)c(C)c(Br)c(C)c1-c1noc(CN)n1. The molecule has 5 nitrogen and oxygen atoms in total. The molecule has 0 spiro atoms. The topological polar surface area (TPSA) is 74.2 Å². The van der Waals surface area contributed by atoms with Gasteiger partial charge < -0.3 is 15.0 Å². The van der Waals surface area contributed by atoms with Crippen LogP contribution in [0.15, 0.2) is 9.00 Å². The quantitative estimate of drug-likeness (QED) is 0.939. The highest BCUT2D eigenvalue weighted by Crippen LogP contribution is 2.40. The highest BCUT2D eigenvalue weighted by Gasteiger charge is 2.21. The number of benzene rings is 1. The van der Waals surface area contributed by atoms with Gasteiger partial charge in [0, 0.05) is 4.47 Å². The molecule has 0 bridgehead atoms. The van der Waals surface area contributed by atoms with Gasteiger partial charge in [0.1, 0.15) is 5.75 Å². The lowest BCUT2D eigenvalue weighted by Gasteiger charge is -2.16. The highest BCUT2D eigenvalue weighted by molar-refractivity contribution is 9.10. The Balaban J connectivity index is 2.74. The van der Waals surface area contributed by atoms with Crippen LogP contribution in [0.25, 0.3) is 11.4 Å². The third kappa shape index (κ3) is 2.26. The molecule has 0 radical (unpaired) electrons. The van der Waals surface area contributed by atoms with Crippen molar-refractivity contribution in [3.63, 3.8) is 0 Å². The summed E-state index contributed by atoms with van der Waals surface area (Å²) in [6.45, 7) is 6.26. The fourth-order valence-corrected chi connectivity index (χ4v) is 2.54. The van der Waals surface area contributed by atoms with E-state index in [1.54, 1.807) is 7.11 Å². The van der Waals surface area contributed by atoms with Gasteiger partial charge in [-0.3, -0.25) is 0 Å². The zero-order valence-electron chi connectivity index (χ0n) is 11.4. The monoisotopic (exact) mass is 325 g/mol. The Kier molecular flexibility index (Phi) is 3.91. The van der Waals surface area contributed by atoms with Crippen molar-refractivity contribution in [2.75, 3.05) is 7.11 Å². The van der Waals surface area contributed by atoms with E-state index in [-0.39, 0.29) is 6.54 Å². The largest absolute Gasteiger partial charge is 0.496 e. The Morgan fingerprint density at radius 2 is 1.89 bits per heavy atom. The van der Waals surface area contributed by atoms with Crippen molar-refractivity contribution < 1.29 is 9.26 Å². The predicted octanol–water partition coefficient (Wildman–Crippen LogP) is 2.89. The van der Waals surface area contributed by atoms with Crippen LogP contribution in [0.5, 0.6) is 5.75 Å². The molecule has 0 saturated heterocycles. The number of aromatic nitrogens is 2. The Labute approximate surface area is 120 Å². The van der Waals surface area contributed by atoms with Gasteiger partial charge in [0.05, 0.1) is 19.2 Å². The number of rotatable bonds is 3. The van der Waals surface area contributed by atoms with Gasteiger partial charge in [0.15, 0.2) is 0 Å². The van der Waals surface area contributed by atoms with Crippen molar-refractivity contribution in [1.29, 1.82) is 0 Å². The Morgan fingerprint density at radius 3 is 2.42 bits per heavy atom. The first-order valence-electron chi connectivity index (χ1n) is 5.87. The molecule has 2 N–H and O–H groups in total. The maximum atomic E-state index is 5.52. The van der Waals surface area contributed by atoms with E-state index in [1.807, 2.05) is 20.8 Å². The van der Waals surface area contributed by atoms with Crippen LogP contribution in [-0.4, -0.2) is 17.3 Å². The van der Waals surface area contributed by atoms with E-state index < -0.39 is 0 Å². The standard InChI is InChI=1S/C13H16BrN3O2/c1-6-7(2)12(18-4)10(8(3)11(6)14)13-16-9(5-15)19-17-13/h5,15H2,1-4H3. The maximum Gasteiger partial charge on any atom is 0.240 e. The van der Waals surface area contributed by atoms with Crippen LogP contribution in [-0.2, 0) is 6.54 Å². The summed E-state index contributed by atoms with van der Waals surface area (Å²) in [5.74, 6) is 1.67. The number of nitrogens with two attached hydrogens (primary N) is 1. The normalized spacial score (nSPS) is 10.8. The summed E-state index contributed by atoms with van der Waals surface area (Å²) in [6.07, 6.45) is 0. The zero-order valence-corrected chi connectivity index (χ0v) is 13.0. The summed E-state index contributed by atoms with van der Waals surface area (Å²) in [5, 5.41) is 3.97. The first kappa shape index (κ1) is 14.0. The zero-order chi connectivity index (χ0) is 14.2. The maximum absolute atomic E-state index is 5.52. The average molecular weight is 326 g/mol. The third-order valence-corrected chi connectivity index (χ3v) is 4.42. The first-order valence-corrected chi connectivity index (χ1v) is 6.66. The van der Waals surface area contributed by atoms with Crippen LogP contribution < -0.4 is 10.5 Å². The second-order valence-electron chi connectivity index (χ2n) is 4.31. The number of hydrogen-bond acceptors (Lipinski definition) is 5. The van der Waals surface area contributed by atoms with Crippen molar-refractivity contribution in [3.05, 3.63) is 27.1 Å². The molecule has 2 aromatic rings. The molecular weight excluding hydrogens is 310 g/mol. The number of nitrogens with zero attached hydrogens (tertiary/aromatic N) is 2. The second-order valence-corrected chi connectivity index (χ2v) is 5.11. The molecule has 0 atom stereocenters. The van der Waals surface area contributed by atoms with Gasteiger partial charge in [0.2, 0.25) is 11.7 Å². The van der Waals surface area contributed by atoms with E-state index >= 15 is 0 Å². The van der Waals surface area contributed by atoms with Crippen molar-refractivity contribution in [2.24, 2.45) is 5.73 Å². The van der Waals surface area contributed by atoms with Crippen LogP contribution >= 0.6 is 15.9 Å². The molecule has 1 heterocycles. The second kappa shape index (κ2) is 5.30. The van der Waals surface area contributed by atoms with Gasteiger partial charge in [-0.1, -0.05) is 21.1 Å². The van der Waals surface area contributed by atoms with Crippen LogP contribution in [0.3, 0.4) is 0 Å². The Hall–Kier alpha value is -1.40. The van der Waals surface area contributed by atoms with E-state index in [0.717, 1.165) is 32.5 Å². The number of ether oxygens (including phenoxy) is 1. The molecule has 0 saturated carbocycles. The lowest BCUT2D eigenvalue weighted by Crippen LogP contribution is -2.00. The van der Waals surface area contributed by atoms with Crippen molar-refractivity contribution in [1.82, 2.24) is 10.1 Å². The number of methoxy groups -OCH3 is 1. The van der Waals surface area contributed by atoms with Crippen LogP contribution in [0.2, 0.25) is 0 Å². The van der Waals surface area contributed by atoms with E-state index in [2.05, 4.69) is 26.1 Å². The molecule has 0 fully saturated rings. The molecule has 0 amide bonds. The predicted molar refractivity (Wildman–Crippen MR) is 76.1 cm³/mol. The molecule has 102 valence electrons. The molecule has 6 heteroatoms. The Morgan fingerprint density at radius 1 is 1.21 bits per heavy atom. The van der Waals surface area contributed by atoms with Crippen molar-refractivity contribution >= 4 is 15.9 Å². The summed E-state index contributed by atoms with van der Waals surface area (Å²) in [4.78, 5) is 4.28. The molecule has 0 unspecified atom stereocenters. The van der Waals surface area contributed by atoms with Gasteiger partial charge in [-0.25, -0.2) is 0 Å². The van der Waals surface area contributed by atoms with E-state index in [4.69, 9.17) is 15.0 Å². The third-order valence-electron chi connectivity index (χ3n) is 3.23. The lowest BCUT2D eigenvalue weighted by atomic mass is 9.98. The fraction of sp³-hybridized carbons (Fsp3) is 0.385. The van der Waals surface area contributed by atoms with Crippen molar-refractivity contribution in [2.45, 2.75) is 27.3 Å². The lowest BCUT2D eigenvalue weighted by molar-refractivity contribution is 0.379. The summed E-state index contributed by atoms with van der Waals surface area (Å²) in [5.41, 5.74) is 9.54. The van der Waals surface area contributed by atoms with E-state index in [1.165, 1.54) is 0 Å². The van der Waals surface area contributed by atoms with Crippen LogP contribution in [0, 0.1) is 20.8 Å². The van der Waals surface area contributed by atoms with Gasteiger partial charge in [0.25, 0.3) is 0 Å². The minimum Gasteiger partial charge on any atom is -0.496 e. The summed E-state index contributed by atoms with van der Waals surface area (Å²) < 4.78 is 11.6. The number of halogens is 1. The smallest absolute Gasteiger partial charge is 0.240 e. The van der Waals surface area contributed by atoms with Gasteiger partial charge in [-0.15, -0.1) is 0 Å². The van der Waals surface area contributed by atoms with E-state index in [0.29, 0.717) is 11.7 Å². The van der Waals surface area contributed by atoms with Gasteiger partial charge in [-0.05, 0) is 37.5 Å². The van der Waals surface area contributed by atoms with Gasteiger partial charge >= 0.3 is 0 Å². The average Bonchev–Trinajstić information content (AvgIpc) is 2.88. The first-order chi connectivity index (χ1) is 9.01. The molecule has 19 heavy (non-hydrogen) atoms. The fourth-order valence-electron chi connectivity index (χ4n) is 2.05. The summed E-state index contributed by atoms with van der Waals surface area (Å²) >= 11 is 3.60. The number of hydrogen-bond donors (Lipinski definition) is 1. The van der Waals surface area contributed by atoms with Gasteiger partial charge in [-0.2, -0.15) is 4.98 Å². The molecule has 2 rings (SSSR count). The molecule has 1 aromatic carbocycles. The van der Waals surface area contributed by atoms with Crippen LogP contribution in [0.1, 0.15) is 22.6 Å². The Bertz CT molecular complexity index is 623. The minimum atomic E-state index is 0.223. The summed E-state index contributed by atoms with van der Waals surface area (Å²) in [6, 6.07) is 0. The molecule has 1 aromatic heterocycles. The molecule has 0 aliphatic heterocycles. The molecule has 0 aliphatic rings. The van der Waals surface area contributed by atoms with Crippen LogP contribution in [0.4, 0.5) is 0 Å². The highest BCUT2D eigenvalue weighted by atomic mass is 79.9. The summed E-state index contributed by atoms with van der Waals surface area (Å²) in [7, 11) is 1.64. The van der Waals surface area contributed by atoms with Crippen molar-refractivity contribution in [3.8, 4) is 17.1 Å². The molecule has 0 aliphatic carbocycles.